The van der Waals surface area contributed by atoms with Gasteiger partial charge >= 0.3 is 5.97 Å². The molecule has 29 heavy (non-hydrogen) atoms. The Bertz CT molecular complexity index is 794. The maximum atomic E-state index is 13.3. The van der Waals surface area contributed by atoms with Crippen LogP contribution in [0.3, 0.4) is 0 Å². The molecule has 0 fully saturated rings. The van der Waals surface area contributed by atoms with Gasteiger partial charge in [0.2, 0.25) is 0 Å². The maximum Gasteiger partial charge on any atom is 0.309 e. The molecule has 0 aliphatic heterocycles. The van der Waals surface area contributed by atoms with Crippen LogP contribution in [0, 0.1) is 5.82 Å². The minimum atomic E-state index is -0.522. The molecule has 6 nitrogen and oxygen atoms in total. The Hall–Kier alpha value is -3.09. The van der Waals surface area contributed by atoms with Crippen LogP contribution >= 0.6 is 0 Å². The number of hydrogen-bond acceptors (Lipinski definition) is 5. The zero-order valence-electron chi connectivity index (χ0n) is 16.7. The first-order valence-electron chi connectivity index (χ1n) is 9.55. The number of benzene rings is 2. The molecule has 0 aliphatic rings. The van der Waals surface area contributed by atoms with E-state index in [4.69, 9.17) is 14.2 Å². The first-order valence-corrected chi connectivity index (χ1v) is 9.55. The smallest absolute Gasteiger partial charge is 0.309 e. The van der Waals surface area contributed by atoms with Gasteiger partial charge in [-0.25, -0.2) is 4.39 Å². The molecule has 0 aromatic heterocycles. The quantitative estimate of drug-likeness (QED) is 0.537. The van der Waals surface area contributed by atoms with Gasteiger partial charge in [0.25, 0.3) is 5.91 Å². The van der Waals surface area contributed by atoms with Crippen LogP contribution in [0.25, 0.3) is 0 Å². The molecule has 0 saturated heterocycles. The molecule has 0 unspecified atom stereocenters. The molecule has 0 spiro atoms. The van der Waals surface area contributed by atoms with E-state index in [1.807, 2.05) is 13.8 Å². The van der Waals surface area contributed by atoms with E-state index in [-0.39, 0.29) is 37.9 Å². The number of carbonyl (C=O) groups is 2. The molecule has 0 atom stereocenters. The van der Waals surface area contributed by atoms with Gasteiger partial charge in [0.15, 0.2) is 6.61 Å². The van der Waals surface area contributed by atoms with Crippen molar-refractivity contribution in [2.24, 2.45) is 0 Å². The standard InChI is InChI=1S/C22H26FNO5/c1-3-24(15-17-6-5-7-18(23)14-17)21(25)16-29-22(26)12-13-28-20-10-8-19(9-11-20)27-4-2/h5-11,14H,3-4,12-13,15-16H2,1-2H3. The van der Waals surface area contributed by atoms with Crippen LogP contribution in [0.4, 0.5) is 4.39 Å². The second kappa shape index (κ2) is 11.7. The maximum absolute atomic E-state index is 13.3. The van der Waals surface area contributed by atoms with E-state index in [0.29, 0.717) is 24.5 Å². The van der Waals surface area contributed by atoms with Crippen LogP contribution in [0.2, 0.25) is 0 Å². The van der Waals surface area contributed by atoms with Crippen LogP contribution < -0.4 is 9.47 Å². The van der Waals surface area contributed by atoms with Gasteiger partial charge < -0.3 is 19.1 Å². The summed E-state index contributed by atoms with van der Waals surface area (Å²) in [4.78, 5) is 25.6. The van der Waals surface area contributed by atoms with Crippen LogP contribution in [-0.2, 0) is 20.9 Å². The van der Waals surface area contributed by atoms with Crippen molar-refractivity contribution >= 4 is 11.9 Å². The Morgan fingerprint density at radius 2 is 1.69 bits per heavy atom. The Morgan fingerprint density at radius 3 is 2.31 bits per heavy atom. The molecule has 0 bridgehead atoms. The summed E-state index contributed by atoms with van der Waals surface area (Å²) < 4.78 is 29.1. The minimum Gasteiger partial charge on any atom is -0.494 e. The number of nitrogens with zero attached hydrogens (tertiary/aromatic N) is 1. The molecule has 0 heterocycles. The fraction of sp³-hybridized carbons (Fsp3) is 0.364. The van der Waals surface area contributed by atoms with E-state index >= 15 is 0 Å². The third-order valence-corrected chi connectivity index (χ3v) is 4.06. The molecule has 2 rings (SSSR count). The monoisotopic (exact) mass is 403 g/mol. The van der Waals surface area contributed by atoms with E-state index in [1.54, 1.807) is 36.4 Å². The van der Waals surface area contributed by atoms with Crippen molar-refractivity contribution in [2.45, 2.75) is 26.8 Å². The second-order valence-corrected chi connectivity index (χ2v) is 6.20. The van der Waals surface area contributed by atoms with Crippen molar-refractivity contribution in [1.82, 2.24) is 4.90 Å². The summed E-state index contributed by atoms with van der Waals surface area (Å²) in [6, 6.07) is 13.1. The Labute approximate surface area is 170 Å². The van der Waals surface area contributed by atoms with E-state index in [0.717, 1.165) is 5.75 Å². The molecule has 156 valence electrons. The van der Waals surface area contributed by atoms with Crippen molar-refractivity contribution in [3.05, 3.63) is 59.9 Å². The lowest BCUT2D eigenvalue weighted by molar-refractivity contribution is -0.152. The first kappa shape index (κ1) is 22.2. The highest BCUT2D eigenvalue weighted by molar-refractivity contribution is 5.80. The summed E-state index contributed by atoms with van der Waals surface area (Å²) in [5.41, 5.74) is 0.676. The van der Waals surface area contributed by atoms with Crippen molar-refractivity contribution in [1.29, 1.82) is 0 Å². The fourth-order valence-electron chi connectivity index (χ4n) is 2.59. The topological polar surface area (TPSA) is 65.1 Å². The van der Waals surface area contributed by atoms with E-state index in [9.17, 15) is 14.0 Å². The van der Waals surface area contributed by atoms with Crippen LogP contribution in [-0.4, -0.2) is 43.1 Å². The Balaban J connectivity index is 1.70. The normalized spacial score (nSPS) is 10.3. The Morgan fingerprint density at radius 1 is 1.00 bits per heavy atom. The molecule has 0 saturated carbocycles. The van der Waals surface area contributed by atoms with E-state index in [2.05, 4.69) is 0 Å². The highest BCUT2D eigenvalue weighted by Gasteiger charge is 2.15. The molecule has 7 heteroatoms. The average Bonchev–Trinajstić information content (AvgIpc) is 2.72. The molecule has 1 amide bonds. The van der Waals surface area contributed by atoms with Gasteiger partial charge in [0, 0.05) is 13.1 Å². The first-order chi connectivity index (χ1) is 14.0. The number of esters is 1. The summed E-state index contributed by atoms with van der Waals surface area (Å²) in [7, 11) is 0. The summed E-state index contributed by atoms with van der Waals surface area (Å²) in [5.74, 6) is 0.148. The number of carbonyl (C=O) groups excluding carboxylic acids is 2. The summed E-state index contributed by atoms with van der Waals surface area (Å²) in [6.45, 7) is 4.76. The molecule has 0 aliphatic carbocycles. The summed E-state index contributed by atoms with van der Waals surface area (Å²) >= 11 is 0. The second-order valence-electron chi connectivity index (χ2n) is 6.20. The third-order valence-electron chi connectivity index (χ3n) is 4.06. The number of rotatable bonds is 11. The van der Waals surface area contributed by atoms with Gasteiger partial charge in [0.1, 0.15) is 17.3 Å². The van der Waals surface area contributed by atoms with Gasteiger partial charge in [0.05, 0.1) is 19.6 Å². The summed E-state index contributed by atoms with van der Waals surface area (Å²) in [5, 5.41) is 0. The highest BCUT2D eigenvalue weighted by atomic mass is 19.1. The van der Waals surface area contributed by atoms with Gasteiger partial charge in [-0.3, -0.25) is 9.59 Å². The molecule has 0 N–H and O–H groups in total. The zero-order chi connectivity index (χ0) is 21.1. The molecular weight excluding hydrogens is 377 g/mol. The number of hydrogen-bond donors (Lipinski definition) is 0. The number of likely N-dealkylation sites (N-methyl/N-ethyl adjacent to an activating group) is 1. The van der Waals surface area contributed by atoms with Gasteiger partial charge in [-0.05, 0) is 55.8 Å². The van der Waals surface area contributed by atoms with Crippen LogP contribution in [0.1, 0.15) is 25.8 Å². The largest absolute Gasteiger partial charge is 0.494 e. The van der Waals surface area contributed by atoms with Gasteiger partial charge in [-0.1, -0.05) is 12.1 Å². The third kappa shape index (κ3) is 7.81. The molecule has 2 aromatic carbocycles. The molecular formula is C22H26FNO5. The van der Waals surface area contributed by atoms with Crippen molar-refractivity contribution in [3.8, 4) is 11.5 Å². The van der Waals surface area contributed by atoms with E-state index in [1.165, 1.54) is 17.0 Å². The SMILES string of the molecule is CCOc1ccc(OCCC(=O)OCC(=O)N(CC)Cc2cccc(F)c2)cc1. The van der Waals surface area contributed by atoms with Crippen LogP contribution in [0.5, 0.6) is 11.5 Å². The molecule has 2 aromatic rings. The lowest BCUT2D eigenvalue weighted by atomic mass is 10.2. The van der Waals surface area contributed by atoms with E-state index < -0.39 is 5.97 Å². The minimum absolute atomic E-state index is 0.0243. The fourth-order valence-corrected chi connectivity index (χ4v) is 2.59. The van der Waals surface area contributed by atoms with Crippen molar-refractivity contribution < 1.29 is 28.2 Å². The van der Waals surface area contributed by atoms with Gasteiger partial charge in [-0.2, -0.15) is 0 Å². The van der Waals surface area contributed by atoms with Crippen molar-refractivity contribution in [2.75, 3.05) is 26.4 Å². The van der Waals surface area contributed by atoms with Crippen molar-refractivity contribution in [3.63, 3.8) is 0 Å². The zero-order valence-corrected chi connectivity index (χ0v) is 16.7. The summed E-state index contributed by atoms with van der Waals surface area (Å²) in [6.07, 6.45) is 0.0243. The predicted molar refractivity (Wildman–Crippen MR) is 106 cm³/mol. The van der Waals surface area contributed by atoms with Crippen LogP contribution in [0.15, 0.2) is 48.5 Å². The Kier molecular flexibility index (Phi) is 8.95. The molecule has 0 radical (unpaired) electrons. The number of halogens is 1. The average molecular weight is 403 g/mol. The number of ether oxygens (including phenoxy) is 3. The number of amides is 1. The highest BCUT2D eigenvalue weighted by Crippen LogP contribution is 2.17. The lowest BCUT2D eigenvalue weighted by Crippen LogP contribution is -2.34. The lowest BCUT2D eigenvalue weighted by Gasteiger charge is -2.21. The predicted octanol–water partition coefficient (Wildman–Crippen LogP) is 3.59. The van der Waals surface area contributed by atoms with Gasteiger partial charge in [-0.15, -0.1) is 0 Å².